The maximum Gasteiger partial charge on any atom is 0.231 e. The van der Waals surface area contributed by atoms with Crippen LogP contribution in [0.1, 0.15) is 22.9 Å². The van der Waals surface area contributed by atoms with E-state index in [2.05, 4.69) is 34.6 Å². The molecule has 2 atom stereocenters. The Balaban J connectivity index is 1.65. The highest BCUT2D eigenvalue weighted by Crippen LogP contribution is 2.39. The number of rotatable bonds is 2. The molecule has 0 unspecified atom stereocenters. The van der Waals surface area contributed by atoms with Gasteiger partial charge in [-0.05, 0) is 48.0 Å². The number of methoxy groups -OCH3 is 1. The fraction of sp³-hybridized carbons (Fsp3) is 0.250. The van der Waals surface area contributed by atoms with Gasteiger partial charge in [0.1, 0.15) is 0 Å². The predicted octanol–water partition coefficient (Wildman–Crippen LogP) is 3.47. The zero-order chi connectivity index (χ0) is 17.7. The number of hydrogen-bond donors (Lipinski definition) is 2. The van der Waals surface area contributed by atoms with Gasteiger partial charge < -0.3 is 19.2 Å². The Labute approximate surface area is 156 Å². The normalized spacial score (nSPS) is 20.8. The molecule has 0 amide bonds. The standard InChI is InChI=1S/C20H18N2O3S/c1-23-20(26)15-9-13-12-4-2-3-5-14(12)21-19(13)18(22-15)11-6-7-16-17(8-11)25-10-24-16/h2-8,15,18,21-22H,9-10H2,1H3/t15-,18-/m1/s1. The molecule has 0 aliphatic carbocycles. The van der Waals surface area contributed by atoms with E-state index in [9.17, 15) is 0 Å². The van der Waals surface area contributed by atoms with Gasteiger partial charge in [-0.1, -0.05) is 24.3 Å². The van der Waals surface area contributed by atoms with E-state index in [1.54, 1.807) is 7.11 Å². The number of H-pyrrole nitrogens is 1. The Bertz CT molecular complexity index is 1010. The molecule has 2 N–H and O–H groups in total. The molecule has 0 spiro atoms. The van der Waals surface area contributed by atoms with Gasteiger partial charge in [0, 0.05) is 16.6 Å². The summed E-state index contributed by atoms with van der Waals surface area (Å²) in [5, 5.41) is 5.45. The fourth-order valence-electron chi connectivity index (χ4n) is 3.88. The van der Waals surface area contributed by atoms with Crippen LogP contribution in [0, 0.1) is 0 Å². The van der Waals surface area contributed by atoms with Crippen LogP contribution >= 0.6 is 12.2 Å². The lowest BCUT2D eigenvalue weighted by atomic mass is 9.90. The summed E-state index contributed by atoms with van der Waals surface area (Å²) in [5.41, 5.74) is 4.69. The van der Waals surface area contributed by atoms with Gasteiger partial charge in [0.25, 0.3) is 0 Å². The van der Waals surface area contributed by atoms with Gasteiger partial charge >= 0.3 is 0 Å². The van der Waals surface area contributed by atoms with Crippen molar-refractivity contribution in [3.05, 3.63) is 59.3 Å². The summed E-state index contributed by atoms with van der Waals surface area (Å²) in [5.74, 6) is 1.56. The van der Waals surface area contributed by atoms with E-state index in [0.717, 1.165) is 29.0 Å². The Kier molecular flexibility index (Phi) is 3.62. The van der Waals surface area contributed by atoms with Gasteiger partial charge in [0.05, 0.1) is 19.2 Å². The van der Waals surface area contributed by atoms with Crippen molar-refractivity contribution < 1.29 is 14.2 Å². The number of aromatic amines is 1. The first kappa shape index (κ1) is 15.7. The zero-order valence-electron chi connectivity index (χ0n) is 14.2. The van der Waals surface area contributed by atoms with Crippen LogP contribution in [0.4, 0.5) is 0 Å². The number of aromatic nitrogens is 1. The topological polar surface area (TPSA) is 55.5 Å². The molecule has 0 bridgehead atoms. The SMILES string of the molecule is COC(=S)[C@H]1Cc2c([nH]c3ccccc23)[C@@H](c2ccc3c(c2)OCO3)N1. The second kappa shape index (κ2) is 6.00. The molecule has 0 radical (unpaired) electrons. The lowest BCUT2D eigenvalue weighted by molar-refractivity contribution is 0.174. The molecular formula is C20H18N2O3S. The van der Waals surface area contributed by atoms with Crippen LogP contribution in [0.2, 0.25) is 0 Å². The minimum absolute atomic E-state index is 0.0289. The molecule has 2 aromatic carbocycles. The summed E-state index contributed by atoms with van der Waals surface area (Å²) in [6, 6.07) is 14.4. The van der Waals surface area contributed by atoms with Crippen LogP contribution in [-0.4, -0.2) is 30.0 Å². The van der Waals surface area contributed by atoms with Gasteiger partial charge in [0.15, 0.2) is 16.5 Å². The van der Waals surface area contributed by atoms with E-state index in [4.69, 9.17) is 26.4 Å². The Morgan fingerprint density at radius 3 is 2.88 bits per heavy atom. The molecule has 132 valence electrons. The molecule has 5 nitrogen and oxygen atoms in total. The minimum atomic E-state index is -0.0304. The summed E-state index contributed by atoms with van der Waals surface area (Å²) in [4.78, 5) is 3.59. The van der Waals surface area contributed by atoms with Crippen molar-refractivity contribution >= 4 is 28.2 Å². The largest absolute Gasteiger partial charge is 0.489 e. The van der Waals surface area contributed by atoms with E-state index >= 15 is 0 Å². The lowest BCUT2D eigenvalue weighted by Crippen LogP contribution is -2.44. The van der Waals surface area contributed by atoms with Gasteiger partial charge in [0.2, 0.25) is 6.79 Å². The van der Waals surface area contributed by atoms with Crippen molar-refractivity contribution in [3.63, 3.8) is 0 Å². The molecule has 0 saturated heterocycles. The van der Waals surface area contributed by atoms with Gasteiger partial charge in [-0.25, -0.2) is 0 Å². The van der Waals surface area contributed by atoms with Crippen LogP contribution in [0.25, 0.3) is 10.9 Å². The maximum atomic E-state index is 5.56. The highest BCUT2D eigenvalue weighted by atomic mass is 32.1. The van der Waals surface area contributed by atoms with E-state index in [-0.39, 0.29) is 18.9 Å². The van der Waals surface area contributed by atoms with Crippen LogP contribution in [-0.2, 0) is 11.2 Å². The smallest absolute Gasteiger partial charge is 0.231 e. The monoisotopic (exact) mass is 366 g/mol. The number of benzene rings is 2. The molecule has 3 heterocycles. The van der Waals surface area contributed by atoms with Crippen molar-refractivity contribution in [1.29, 1.82) is 0 Å². The molecule has 26 heavy (non-hydrogen) atoms. The summed E-state index contributed by atoms with van der Waals surface area (Å²) < 4.78 is 16.4. The van der Waals surface area contributed by atoms with Gasteiger partial charge in [-0.15, -0.1) is 0 Å². The number of ether oxygens (including phenoxy) is 3. The third kappa shape index (κ3) is 2.37. The van der Waals surface area contributed by atoms with E-state index < -0.39 is 0 Å². The summed E-state index contributed by atoms with van der Waals surface area (Å²) >= 11 is 5.44. The summed E-state index contributed by atoms with van der Waals surface area (Å²) in [6.45, 7) is 0.269. The van der Waals surface area contributed by atoms with Crippen molar-refractivity contribution in [3.8, 4) is 11.5 Å². The molecule has 2 aliphatic rings. The van der Waals surface area contributed by atoms with E-state index in [1.807, 2.05) is 18.2 Å². The summed E-state index contributed by atoms with van der Waals surface area (Å²) in [6.07, 6.45) is 0.799. The van der Waals surface area contributed by atoms with E-state index in [0.29, 0.717) is 5.05 Å². The van der Waals surface area contributed by atoms with Crippen molar-refractivity contribution in [1.82, 2.24) is 10.3 Å². The van der Waals surface area contributed by atoms with Crippen LogP contribution in [0.5, 0.6) is 11.5 Å². The number of nitrogens with one attached hydrogen (secondary N) is 2. The molecule has 5 rings (SSSR count). The Morgan fingerprint density at radius 2 is 2.00 bits per heavy atom. The molecule has 2 aliphatic heterocycles. The number of fused-ring (bicyclic) bond motifs is 4. The Morgan fingerprint density at radius 1 is 1.15 bits per heavy atom. The zero-order valence-corrected chi connectivity index (χ0v) is 15.1. The first-order chi connectivity index (χ1) is 12.7. The van der Waals surface area contributed by atoms with Crippen LogP contribution in [0.3, 0.4) is 0 Å². The van der Waals surface area contributed by atoms with Crippen molar-refractivity contribution in [2.45, 2.75) is 18.5 Å². The van der Waals surface area contributed by atoms with E-state index in [1.165, 1.54) is 16.6 Å². The average Bonchev–Trinajstić information content (AvgIpc) is 3.30. The highest BCUT2D eigenvalue weighted by Gasteiger charge is 2.33. The second-order valence-electron chi connectivity index (χ2n) is 6.56. The lowest BCUT2D eigenvalue weighted by Gasteiger charge is -2.31. The first-order valence-electron chi connectivity index (χ1n) is 8.57. The fourth-order valence-corrected chi connectivity index (χ4v) is 4.04. The van der Waals surface area contributed by atoms with Gasteiger partial charge in [-0.2, -0.15) is 0 Å². The molecule has 3 aromatic rings. The van der Waals surface area contributed by atoms with Crippen LogP contribution < -0.4 is 14.8 Å². The number of thiocarbonyl (C=S) groups is 1. The molecular weight excluding hydrogens is 348 g/mol. The quantitative estimate of drug-likeness (QED) is 0.680. The van der Waals surface area contributed by atoms with Crippen LogP contribution in [0.15, 0.2) is 42.5 Å². The van der Waals surface area contributed by atoms with Crippen molar-refractivity contribution in [2.24, 2.45) is 0 Å². The molecule has 0 saturated carbocycles. The number of para-hydroxylation sites is 1. The predicted molar refractivity (Wildman–Crippen MR) is 103 cm³/mol. The summed E-state index contributed by atoms with van der Waals surface area (Å²) in [7, 11) is 1.63. The molecule has 1 aromatic heterocycles. The second-order valence-corrected chi connectivity index (χ2v) is 6.96. The highest BCUT2D eigenvalue weighted by molar-refractivity contribution is 7.80. The Hall–Kier alpha value is -2.57. The number of hydrogen-bond acceptors (Lipinski definition) is 5. The first-order valence-corrected chi connectivity index (χ1v) is 8.98. The maximum absolute atomic E-state index is 5.56. The minimum Gasteiger partial charge on any atom is -0.489 e. The van der Waals surface area contributed by atoms with Crippen molar-refractivity contribution in [2.75, 3.05) is 13.9 Å². The molecule has 6 heteroatoms. The van der Waals surface area contributed by atoms with Gasteiger partial charge in [-0.3, -0.25) is 5.32 Å². The third-order valence-corrected chi connectivity index (χ3v) is 5.58. The average molecular weight is 366 g/mol. The molecule has 0 fully saturated rings. The third-order valence-electron chi connectivity index (χ3n) is 5.13.